The molecular weight excluding hydrogens is 252 g/mol. The largest absolute Gasteiger partial charge is 0.352 e. The number of aldehydes is 1. The molecule has 1 N–H and O–H groups in total. The molecule has 0 aliphatic rings. The van der Waals surface area contributed by atoms with Crippen LogP contribution in [0.15, 0.2) is 30.5 Å². The molecule has 1 aromatic carbocycles. The summed E-state index contributed by atoms with van der Waals surface area (Å²) in [6.45, 7) is 4.39. The summed E-state index contributed by atoms with van der Waals surface area (Å²) in [5.41, 5.74) is 1.53. The van der Waals surface area contributed by atoms with Crippen molar-refractivity contribution >= 4 is 23.1 Å². The highest BCUT2D eigenvalue weighted by atomic mass is 16.2. The van der Waals surface area contributed by atoms with Crippen LogP contribution in [0.3, 0.4) is 0 Å². The second-order valence-electron chi connectivity index (χ2n) is 5.14. The lowest BCUT2D eigenvalue weighted by atomic mass is 10.2. The van der Waals surface area contributed by atoms with E-state index in [1.165, 1.54) is 0 Å². The van der Waals surface area contributed by atoms with E-state index in [-0.39, 0.29) is 18.5 Å². The Morgan fingerprint density at radius 1 is 1.40 bits per heavy atom. The molecule has 4 heteroatoms. The van der Waals surface area contributed by atoms with E-state index in [0.29, 0.717) is 5.56 Å². The molecule has 1 heterocycles. The number of rotatable bonds is 6. The summed E-state index contributed by atoms with van der Waals surface area (Å²) in [6.07, 6.45) is 4.73. The first-order chi connectivity index (χ1) is 9.63. The molecule has 0 radical (unpaired) electrons. The lowest BCUT2D eigenvalue weighted by Crippen LogP contribution is -2.34. The fourth-order valence-corrected chi connectivity index (χ4v) is 2.39. The van der Waals surface area contributed by atoms with E-state index >= 15 is 0 Å². The van der Waals surface area contributed by atoms with Crippen LogP contribution in [0.25, 0.3) is 10.9 Å². The normalized spacial score (nSPS) is 12.3. The van der Waals surface area contributed by atoms with Gasteiger partial charge in [-0.05, 0) is 30.9 Å². The highest BCUT2D eigenvalue weighted by molar-refractivity contribution is 5.88. The van der Waals surface area contributed by atoms with Gasteiger partial charge in [0, 0.05) is 23.3 Å². The van der Waals surface area contributed by atoms with E-state index in [4.69, 9.17) is 0 Å². The molecule has 2 rings (SSSR count). The summed E-state index contributed by atoms with van der Waals surface area (Å²) < 4.78 is 1.87. The molecule has 2 aromatic rings. The minimum Gasteiger partial charge on any atom is -0.352 e. The van der Waals surface area contributed by atoms with Crippen LogP contribution in [0, 0.1) is 0 Å². The summed E-state index contributed by atoms with van der Waals surface area (Å²) in [4.78, 5) is 22.8. The number of hydrogen-bond donors (Lipinski definition) is 1. The van der Waals surface area contributed by atoms with E-state index in [1.807, 2.05) is 35.9 Å². The Balaban J connectivity index is 2.13. The van der Waals surface area contributed by atoms with Gasteiger partial charge < -0.3 is 9.88 Å². The van der Waals surface area contributed by atoms with Gasteiger partial charge in [0.25, 0.3) is 0 Å². The van der Waals surface area contributed by atoms with Crippen LogP contribution in [0.4, 0.5) is 0 Å². The summed E-state index contributed by atoms with van der Waals surface area (Å²) in [5.74, 6) is -0.0000406. The van der Waals surface area contributed by atoms with Gasteiger partial charge in [-0.2, -0.15) is 0 Å². The molecule has 1 atom stereocenters. The molecular formula is C16H20N2O2. The van der Waals surface area contributed by atoms with Crippen molar-refractivity contribution in [1.29, 1.82) is 0 Å². The zero-order chi connectivity index (χ0) is 14.5. The molecule has 20 heavy (non-hydrogen) atoms. The third-order valence-electron chi connectivity index (χ3n) is 3.38. The second-order valence-corrected chi connectivity index (χ2v) is 5.14. The summed E-state index contributed by atoms with van der Waals surface area (Å²) in [7, 11) is 0. The Hall–Kier alpha value is -2.10. The number of amides is 1. The molecule has 0 saturated carbocycles. The van der Waals surface area contributed by atoms with Gasteiger partial charge in [0.2, 0.25) is 5.91 Å². The van der Waals surface area contributed by atoms with Crippen molar-refractivity contribution in [3.8, 4) is 0 Å². The molecule has 0 aliphatic heterocycles. The fraction of sp³-hybridized carbons (Fsp3) is 0.375. The summed E-state index contributed by atoms with van der Waals surface area (Å²) >= 11 is 0. The van der Waals surface area contributed by atoms with Gasteiger partial charge in [0.15, 0.2) is 0 Å². The number of benzene rings is 1. The van der Waals surface area contributed by atoms with Crippen molar-refractivity contribution in [3.05, 3.63) is 36.0 Å². The van der Waals surface area contributed by atoms with Crippen LogP contribution in [-0.2, 0) is 11.3 Å². The molecule has 1 aromatic heterocycles. The van der Waals surface area contributed by atoms with Crippen LogP contribution < -0.4 is 5.32 Å². The van der Waals surface area contributed by atoms with Crippen molar-refractivity contribution in [2.45, 2.75) is 39.3 Å². The number of aromatic nitrogens is 1. The van der Waals surface area contributed by atoms with Crippen molar-refractivity contribution < 1.29 is 9.59 Å². The molecule has 1 amide bonds. The molecule has 0 fully saturated rings. The standard InChI is InChI=1S/C16H20N2O2/c1-3-4-12(2)17-16(20)10-18-8-7-14-6-5-13(11-19)9-15(14)18/h5-9,11-12H,3-4,10H2,1-2H3,(H,17,20). The highest BCUT2D eigenvalue weighted by Gasteiger charge is 2.09. The average Bonchev–Trinajstić information content (AvgIpc) is 2.81. The summed E-state index contributed by atoms with van der Waals surface area (Å²) in [5, 5.41) is 4.02. The van der Waals surface area contributed by atoms with Crippen molar-refractivity contribution in [3.63, 3.8) is 0 Å². The van der Waals surface area contributed by atoms with E-state index in [0.717, 1.165) is 30.0 Å². The average molecular weight is 272 g/mol. The van der Waals surface area contributed by atoms with Crippen LogP contribution in [-0.4, -0.2) is 22.8 Å². The molecule has 0 saturated heterocycles. The monoisotopic (exact) mass is 272 g/mol. The Kier molecular flexibility index (Phi) is 4.56. The minimum absolute atomic E-state index is 0.0000406. The smallest absolute Gasteiger partial charge is 0.240 e. The molecule has 0 bridgehead atoms. The number of hydrogen-bond acceptors (Lipinski definition) is 2. The Morgan fingerprint density at radius 3 is 2.90 bits per heavy atom. The van der Waals surface area contributed by atoms with Crippen LogP contribution in [0.1, 0.15) is 37.0 Å². The first-order valence-electron chi connectivity index (χ1n) is 6.97. The maximum Gasteiger partial charge on any atom is 0.240 e. The molecule has 0 aliphatic carbocycles. The van der Waals surface area contributed by atoms with Gasteiger partial charge in [0.1, 0.15) is 12.8 Å². The third kappa shape index (κ3) is 3.26. The lowest BCUT2D eigenvalue weighted by molar-refractivity contribution is -0.122. The zero-order valence-electron chi connectivity index (χ0n) is 11.9. The third-order valence-corrected chi connectivity index (χ3v) is 3.38. The van der Waals surface area contributed by atoms with Gasteiger partial charge in [-0.15, -0.1) is 0 Å². The van der Waals surface area contributed by atoms with E-state index < -0.39 is 0 Å². The van der Waals surface area contributed by atoms with Gasteiger partial charge >= 0.3 is 0 Å². The Bertz CT molecular complexity index is 616. The highest BCUT2D eigenvalue weighted by Crippen LogP contribution is 2.17. The minimum atomic E-state index is -0.0000406. The molecule has 0 spiro atoms. The second kappa shape index (κ2) is 6.37. The number of fused-ring (bicyclic) bond motifs is 1. The number of nitrogens with one attached hydrogen (secondary N) is 1. The first-order valence-corrected chi connectivity index (χ1v) is 6.97. The first kappa shape index (κ1) is 14.3. The van der Waals surface area contributed by atoms with Gasteiger partial charge in [-0.25, -0.2) is 0 Å². The van der Waals surface area contributed by atoms with E-state index in [1.54, 1.807) is 6.07 Å². The lowest BCUT2D eigenvalue weighted by Gasteiger charge is -2.13. The number of carbonyl (C=O) groups excluding carboxylic acids is 2. The Labute approximate surface area is 118 Å². The van der Waals surface area contributed by atoms with Crippen LogP contribution in [0.5, 0.6) is 0 Å². The van der Waals surface area contributed by atoms with Crippen LogP contribution in [0.2, 0.25) is 0 Å². The van der Waals surface area contributed by atoms with Crippen molar-refractivity contribution in [2.75, 3.05) is 0 Å². The topological polar surface area (TPSA) is 51.1 Å². The predicted octanol–water partition coefficient (Wildman–Crippen LogP) is 2.76. The summed E-state index contributed by atoms with van der Waals surface area (Å²) in [6, 6.07) is 7.63. The molecule has 4 nitrogen and oxygen atoms in total. The predicted molar refractivity (Wildman–Crippen MR) is 79.8 cm³/mol. The Morgan fingerprint density at radius 2 is 2.20 bits per heavy atom. The quantitative estimate of drug-likeness (QED) is 0.822. The number of carbonyl (C=O) groups is 2. The van der Waals surface area contributed by atoms with Crippen molar-refractivity contribution in [1.82, 2.24) is 9.88 Å². The van der Waals surface area contributed by atoms with Crippen LogP contribution >= 0.6 is 0 Å². The van der Waals surface area contributed by atoms with Crippen molar-refractivity contribution in [2.24, 2.45) is 0 Å². The van der Waals surface area contributed by atoms with Gasteiger partial charge in [-0.3, -0.25) is 9.59 Å². The van der Waals surface area contributed by atoms with Gasteiger partial charge in [-0.1, -0.05) is 25.5 Å². The van der Waals surface area contributed by atoms with E-state index in [2.05, 4.69) is 12.2 Å². The fourth-order valence-electron chi connectivity index (χ4n) is 2.39. The molecule has 106 valence electrons. The molecule has 1 unspecified atom stereocenters. The SMILES string of the molecule is CCCC(C)NC(=O)Cn1ccc2ccc(C=O)cc21. The zero-order valence-corrected chi connectivity index (χ0v) is 11.9. The maximum absolute atomic E-state index is 12.0. The maximum atomic E-state index is 12.0. The number of nitrogens with zero attached hydrogens (tertiary/aromatic N) is 1. The van der Waals surface area contributed by atoms with E-state index in [9.17, 15) is 9.59 Å². The van der Waals surface area contributed by atoms with Gasteiger partial charge in [0.05, 0.1) is 0 Å².